The lowest BCUT2D eigenvalue weighted by Gasteiger charge is -2.35. The average Bonchev–Trinajstić information content (AvgIpc) is 2.91. The van der Waals surface area contributed by atoms with Crippen LogP contribution in [0.3, 0.4) is 0 Å². The van der Waals surface area contributed by atoms with E-state index in [-0.39, 0.29) is 11.9 Å². The number of rotatable bonds is 3. The van der Waals surface area contributed by atoms with E-state index in [2.05, 4.69) is 12.0 Å². The maximum absolute atomic E-state index is 12.4. The van der Waals surface area contributed by atoms with Crippen LogP contribution >= 0.6 is 0 Å². The highest BCUT2D eigenvalue weighted by Crippen LogP contribution is 2.27. The smallest absolute Gasteiger partial charge is 0.247 e. The van der Waals surface area contributed by atoms with Gasteiger partial charge >= 0.3 is 0 Å². The molecule has 1 aliphatic rings. The van der Waals surface area contributed by atoms with Crippen LogP contribution in [-0.2, 0) is 4.79 Å². The van der Waals surface area contributed by atoms with E-state index in [9.17, 15) is 4.79 Å². The van der Waals surface area contributed by atoms with Gasteiger partial charge in [0.1, 0.15) is 6.04 Å². The highest BCUT2D eigenvalue weighted by atomic mass is 16.2. The first-order chi connectivity index (χ1) is 8.59. The second kappa shape index (κ2) is 5.55. The minimum atomic E-state index is -0.204. The van der Waals surface area contributed by atoms with E-state index in [1.807, 2.05) is 31.1 Å². The molecule has 1 saturated carbocycles. The minimum Gasteiger partial charge on any atom is -0.341 e. The third kappa shape index (κ3) is 2.74. The van der Waals surface area contributed by atoms with Crippen LogP contribution in [0, 0.1) is 5.92 Å². The Morgan fingerprint density at radius 2 is 2.06 bits per heavy atom. The first-order valence-corrected chi connectivity index (χ1v) is 6.85. The lowest BCUT2D eigenvalue weighted by Crippen LogP contribution is -2.42. The second-order valence-corrected chi connectivity index (χ2v) is 5.52. The Balaban J connectivity index is 1.96. The van der Waals surface area contributed by atoms with Crippen molar-refractivity contribution in [3.05, 3.63) is 18.5 Å². The van der Waals surface area contributed by atoms with Crippen molar-refractivity contribution in [2.45, 2.75) is 51.6 Å². The molecule has 1 heterocycles. The van der Waals surface area contributed by atoms with Gasteiger partial charge < -0.3 is 4.90 Å². The Morgan fingerprint density at radius 3 is 2.61 bits per heavy atom. The van der Waals surface area contributed by atoms with E-state index >= 15 is 0 Å². The Morgan fingerprint density at radius 1 is 1.39 bits per heavy atom. The third-order valence-electron chi connectivity index (χ3n) is 4.16. The van der Waals surface area contributed by atoms with Crippen LogP contribution < -0.4 is 0 Å². The molecule has 0 aliphatic heterocycles. The van der Waals surface area contributed by atoms with E-state index in [0.717, 1.165) is 18.8 Å². The van der Waals surface area contributed by atoms with Crippen molar-refractivity contribution >= 4 is 5.91 Å². The van der Waals surface area contributed by atoms with Gasteiger partial charge in [0.15, 0.2) is 0 Å². The van der Waals surface area contributed by atoms with Crippen LogP contribution in [0.4, 0.5) is 0 Å². The highest BCUT2D eigenvalue weighted by molar-refractivity contribution is 5.80. The molecule has 0 spiro atoms. The van der Waals surface area contributed by atoms with Crippen LogP contribution in [0.1, 0.15) is 45.6 Å². The van der Waals surface area contributed by atoms with Gasteiger partial charge in [-0.25, -0.2) is 0 Å². The van der Waals surface area contributed by atoms with Gasteiger partial charge in [0.2, 0.25) is 5.91 Å². The van der Waals surface area contributed by atoms with Gasteiger partial charge in [-0.15, -0.1) is 0 Å². The van der Waals surface area contributed by atoms with Crippen molar-refractivity contribution in [3.63, 3.8) is 0 Å². The third-order valence-corrected chi connectivity index (χ3v) is 4.16. The summed E-state index contributed by atoms with van der Waals surface area (Å²) in [7, 11) is 1.93. The number of carbonyl (C=O) groups is 1. The SMILES string of the molecule is CC1CCC(N(C)C(=O)C(C)n2cccn2)CC1. The van der Waals surface area contributed by atoms with Crippen LogP contribution in [0.15, 0.2) is 18.5 Å². The molecule has 1 aliphatic carbocycles. The number of likely N-dealkylation sites (N-methyl/N-ethyl adjacent to an activating group) is 1. The summed E-state index contributed by atoms with van der Waals surface area (Å²) in [6.45, 7) is 4.21. The van der Waals surface area contributed by atoms with E-state index in [0.29, 0.717) is 6.04 Å². The first-order valence-electron chi connectivity index (χ1n) is 6.85. The van der Waals surface area contributed by atoms with E-state index in [4.69, 9.17) is 0 Å². The topological polar surface area (TPSA) is 38.1 Å². The van der Waals surface area contributed by atoms with Crippen LogP contribution in [0.5, 0.6) is 0 Å². The van der Waals surface area contributed by atoms with E-state index < -0.39 is 0 Å². The Hall–Kier alpha value is -1.32. The Kier molecular flexibility index (Phi) is 4.04. The molecule has 4 heteroatoms. The van der Waals surface area contributed by atoms with Crippen molar-refractivity contribution < 1.29 is 4.79 Å². The summed E-state index contributed by atoms with van der Waals surface area (Å²) in [5.41, 5.74) is 0. The monoisotopic (exact) mass is 249 g/mol. The zero-order valence-corrected chi connectivity index (χ0v) is 11.5. The summed E-state index contributed by atoms with van der Waals surface area (Å²) in [5, 5.41) is 4.15. The van der Waals surface area contributed by atoms with E-state index in [1.165, 1.54) is 12.8 Å². The van der Waals surface area contributed by atoms with Crippen LogP contribution in [-0.4, -0.2) is 33.7 Å². The van der Waals surface area contributed by atoms with Gasteiger partial charge in [-0.05, 0) is 44.6 Å². The first kappa shape index (κ1) is 13.1. The van der Waals surface area contributed by atoms with Crippen molar-refractivity contribution in [1.82, 2.24) is 14.7 Å². The fraction of sp³-hybridized carbons (Fsp3) is 0.714. The summed E-state index contributed by atoms with van der Waals surface area (Å²) in [5.74, 6) is 0.978. The predicted octanol–water partition coefficient (Wildman–Crippen LogP) is 2.48. The van der Waals surface area contributed by atoms with Crippen molar-refractivity contribution in [2.75, 3.05) is 7.05 Å². The molecule has 0 aromatic carbocycles. The lowest BCUT2D eigenvalue weighted by molar-refractivity contribution is -0.136. The summed E-state index contributed by atoms with van der Waals surface area (Å²) in [6.07, 6.45) is 8.30. The van der Waals surface area contributed by atoms with Crippen LogP contribution in [0.2, 0.25) is 0 Å². The maximum atomic E-state index is 12.4. The summed E-state index contributed by atoms with van der Waals surface area (Å²) >= 11 is 0. The number of amides is 1. The summed E-state index contributed by atoms with van der Waals surface area (Å²) in [4.78, 5) is 14.3. The minimum absolute atomic E-state index is 0.165. The van der Waals surface area contributed by atoms with Crippen molar-refractivity contribution in [2.24, 2.45) is 5.92 Å². The summed E-state index contributed by atoms with van der Waals surface area (Å²) in [6, 6.07) is 2.06. The number of hydrogen-bond donors (Lipinski definition) is 0. The van der Waals surface area contributed by atoms with E-state index in [1.54, 1.807) is 10.9 Å². The standard InChI is InChI=1S/C14H23N3O/c1-11-5-7-13(8-6-11)16(3)14(18)12(2)17-10-4-9-15-17/h4,9-13H,5-8H2,1-3H3. The van der Waals surface area contributed by atoms with Gasteiger partial charge in [-0.2, -0.15) is 5.10 Å². The predicted molar refractivity (Wildman–Crippen MR) is 71.1 cm³/mol. The molecule has 1 unspecified atom stereocenters. The number of aromatic nitrogens is 2. The molecule has 0 radical (unpaired) electrons. The molecular formula is C14H23N3O. The fourth-order valence-electron chi connectivity index (χ4n) is 2.73. The van der Waals surface area contributed by atoms with Gasteiger partial charge in [0.05, 0.1) is 0 Å². The molecule has 4 nitrogen and oxygen atoms in total. The molecule has 1 aromatic rings. The molecule has 0 bridgehead atoms. The van der Waals surface area contributed by atoms with Crippen molar-refractivity contribution in [3.8, 4) is 0 Å². The molecule has 0 N–H and O–H groups in total. The molecule has 18 heavy (non-hydrogen) atoms. The second-order valence-electron chi connectivity index (χ2n) is 5.52. The fourth-order valence-corrected chi connectivity index (χ4v) is 2.73. The zero-order chi connectivity index (χ0) is 13.1. The maximum Gasteiger partial charge on any atom is 0.247 e. The molecule has 2 rings (SSSR count). The Bertz CT molecular complexity index is 380. The normalized spacial score (nSPS) is 25.7. The van der Waals surface area contributed by atoms with Gasteiger partial charge in [-0.3, -0.25) is 9.48 Å². The molecule has 0 saturated heterocycles. The Labute approximate surface area is 109 Å². The molecule has 1 aromatic heterocycles. The zero-order valence-electron chi connectivity index (χ0n) is 11.5. The number of carbonyl (C=O) groups excluding carboxylic acids is 1. The lowest BCUT2D eigenvalue weighted by atomic mass is 9.86. The molecule has 1 amide bonds. The highest BCUT2D eigenvalue weighted by Gasteiger charge is 2.28. The average molecular weight is 249 g/mol. The number of hydrogen-bond acceptors (Lipinski definition) is 2. The molecular weight excluding hydrogens is 226 g/mol. The largest absolute Gasteiger partial charge is 0.341 e. The quantitative estimate of drug-likeness (QED) is 0.825. The molecule has 1 fully saturated rings. The number of nitrogens with zero attached hydrogens (tertiary/aromatic N) is 3. The van der Waals surface area contributed by atoms with Gasteiger partial charge in [0, 0.05) is 25.5 Å². The van der Waals surface area contributed by atoms with Crippen LogP contribution in [0.25, 0.3) is 0 Å². The van der Waals surface area contributed by atoms with Gasteiger partial charge in [-0.1, -0.05) is 6.92 Å². The summed E-state index contributed by atoms with van der Waals surface area (Å²) < 4.78 is 1.73. The van der Waals surface area contributed by atoms with Gasteiger partial charge in [0.25, 0.3) is 0 Å². The van der Waals surface area contributed by atoms with Crippen molar-refractivity contribution in [1.29, 1.82) is 0 Å². The molecule has 1 atom stereocenters. The molecule has 100 valence electrons.